The van der Waals surface area contributed by atoms with Crippen LogP contribution in [0.2, 0.25) is 0 Å². The molecule has 2 unspecified atom stereocenters. The van der Waals surface area contributed by atoms with E-state index in [0.717, 1.165) is 0 Å². The average molecular weight is 364 g/mol. The lowest BCUT2D eigenvalue weighted by molar-refractivity contribution is -0.121. The largest absolute Gasteiger partial charge is 0.383 e. The molecule has 0 bridgehead atoms. The molecule has 0 radical (unpaired) electrons. The fraction of sp³-hybridized carbons (Fsp3) is 0.348. The standard InChI is InChI=1S/C23H28N2O2/c1-17(18-9-5-4-6-10-18)20(15-23(26)24-13-14-27-3)21-16-25(2)22-12-8-7-11-19(21)22/h4-12,16-17,20H,13-15H2,1-3H3,(H,24,26). The summed E-state index contributed by atoms with van der Waals surface area (Å²) in [5, 5.41) is 4.19. The summed E-state index contributed by atoms with van der Waals surface area (Å²) >= 11 is 0. The summed E-state index contributed by atoms with van der Waals surface area (Å²) in [6.45, 7) is 3.28. The molecule has 2 aromatic carbocycles. The second kappa shape index (κ2) is 8.87. The first kappa shape index (κ1) is 19.2. The quantitative estimate of drug-likeness (QED) is 0.608. The van der Waals surface area contributed by atoms with Crippen LogP contribution in [0.15, 0.2) is 60.8 Å². The zero-order valence-corrected chi connectivity index (χ0v) is 16.3. The molecule has 3 aromatic rings. The summed E-state index contributed by atoms with van der Waals surface area (Å²) in [7, 11) is 3.71. The number of aryl methyl sites for hydroxylation is 1. The summed E-state index contributed by atoms with van der Waals surface area (Å²) in [6, 6.07) is 18.8. The monoisotopic (exact) mass is 364 g/mol. The van der Waals surface area contributed by atoms with Gasteiger partial charge in [-0.2, -0.15) is 0 Å². The van der Waals surface area contributed by atoms with Crippen LogP contribution >= 0.6 is 0 Å². The summed E-state index contributed by atoms with van der Waals surface area (Å²) in [4.78, 5) is 12.6. The van der Waals surface area contributed by atoms with Gasteiger partial charge in [0.1, 0.15) is 0 Å². The van der Waals surface area contributed by atoms with Crippen molar-refractivity contribution in [3.63, 3.8) is 0 Å². The van der Waals surface area contributed by atoms with Gasteiger partial charge in [0.25, 0.3) is 0 Å². The van der Waals surface area contributed by atoms with Crippen LogP contribution in [0, 0.1) is 0 Å². The predicted octanol–water partition coefficient (Wildman–Crippen LogP) is 4.22. The molecule has 3 rings (SSSR count). The van der Waals surface area contributed by atoms with Crippen LogP contribution < -0.4 is 5.32 Å². The van der Waals surface area contributed by atoms with Gasteiger partial charge in [-0.1, -0.05) is 55.5 Å². The highest BCUT2D eigenvalue weighted by Crippen LogP contribution is 2.39. The third-order valence-corrected chi connectivity index (χ3v) is 5.29. The molecular formula is C23H28N2O2. The number of fused-ring (bicyclic) bond motifs is 1. The Hall–Kier alpha value is -2.59. The number of ether oxygens (including phenoxy) is 1. The number of benzene rings is 2. The molecule has 2 atom stereocenters. The number of methoxy groups -OCH3 is 1. The second-order valence-electron chi connectivity index (χ2n) is 7.07. The van der Waals surface area contributed by atoms with E-state index in [9.17, 15) is 4.79 Å². The van der Waals surface area contributed by atoms with Crippen LogP contribution in [-0.4, -0.2) is 30.7 Å². The normalized spacial score (nSPS) is 13.4. The lowest BCUT2D eigenvalue weighted by Gasteiger charge is -2.24. The van der Waals surface area contributed by atoms with E-state index < -0.39 is 0 Å². The molecule has 1 amide bonds. The van der Waals surface area contributed by atoms with Crippen molar-refractivity contribution < 1.29 is 9.53 Å². The van der Waals surface area contributed by atoms with Gasteiger partial charge < -0.3 is 14.6 Å². The number of para-hydroxylation sites is 1. The van der Waals surface area contributed by atoms with E-state index in [4.69, 9.17) is 4.74 Å². The number of nitrogens with one attached hydrogen (secondary N) is 1. The number of nitrogens with zero attached hydrogens (tertiary/aromatic N) is 1. The Bertz CT molecular complexity index is 886. The highest BCUT2D eigenvalue weighted by molar-refractivity contribution is 5.86. The van der Waals surface area contributed by atoms with Gasteiger partial charge in [-0.25, -0.2) is 0 Å². The zero-order valence-electron chi connectivity index (χ0n) is 16.3. The number of rotatable bonds is 8. The van der Waals surface area contributed by atoms with Gasteiger partial charge in [0.15, 0.2) is 0 Å². The Morgan fingerprint density at radius 3 is 2.56 bits per heavy atom. The van der Waals surface area contributed by atoms with Crippen molar-refractivity contribution in [1.82, 2.24) is 9.88 Å². The van der Waals surface area contributed by atoms with Crippen molar-refractivity contribution in [1.29, 1.82) is 0 Å². The summed E-state index contributed by atoms with van der Waals surface area (Å²) in [6.07, 6.45) is 2.63. The summed E-state index contributed by atoms with van der Waals surface area (Å²) < 4.78 is 7.19. The molecule has 0 aliphatic carbocycles. The number of carbonyl (C=O) groups is 1. The van der Waals surface area contributed by atoms with Crippen LogP contribution in [0.25, 0.3) is 10.9 Å². The van der Waals surface area contributed by atoms with Crippen LogP contribution in [0.4, 0.5) is 0 Å². The molecular weight excluding hydrogens is 336 g/mol. The maximum atomic E-state index is 12.6. The number of carbonyl (C=O) groups excluding carboxylic acids is 1. The molecule has 0 spiro atoms. The third kappa shape index (κ3) is 4.40. The van der Waals surface area contributed by atoms with E-state index in [1.165, 1.54) is 22.0 Å². The van der Waals surface area contributed by atoms with Crippen LogP contribution in [0.1, 0.15) is 36.3 Å². The molecule has 0 saturated heterocycles. The van der Waals surface area contributed by atoms with Crippen LogP contribution in [0.3, 0.4) is 0 Å². The molecule has 4 heteroatoms. The highest BCUT2D eigenvalue weighted by Gasteiger charge is 2.26. The molecule has 0 saturated carbocycles. The molecule has 0 aliphatic heterocycles. The first-order valence-electron chi connectivity index (χ1n) is 9.46. The fourth-order valence-corrected chi connectivity index (χ4v) is 3.78. The van der Waals surface area contributed by atoms with E-state index in [1.54, 1.807) is 7.11 Å². The summed E-state index contributed by atoms with van der Waals surface area (Å²) in [5.41, 5.74) is 3.67. The maximum absolute atomic E-state index is 12.6. The number of hydrogen-bond acceptors (Lipinski definition) is 2. The van der Waals surface area contributed by atoms with Crippen LogP contribution in [0.5, 0.6) is 0 Å². The minimum atomic E-state index is 0.0627. The lowest BCUT2D eigenvalue weighted by Crippen LogP contribution is -2.29. The molecule has 27 heavy (non-hydrogen) atoms. The van der Waals surface area contributed by atoms with Gasteiger partial charge in [0.05, 0.1) is 6.61 Å². The predicted molar refractivity (Wildman–Crippen MR) is 110 cm³/mol. The molecule has 1 heterocycles. The van der Waals surface area contributed by atoms with Gasteiger partial charge >= 0.3 is 0 Å². The number of hydrogen-bond donors (Lipinski definition) is 1. The van der Waals surface area contributed by atoms with Gasteiger partial charge in [0, 0.05) is 50.1 Å². The molecule has 0 aliphatic rings. The summed E-state index contributed by atoms with van der Waals surface area (Å²) in [5.74, 6) is 0.388. The van der Waals surface area contributed by atoms with Gasteiger partial charge in [0.2, 0.25) is 5.91 Å². The van der Waals surface area contributed by atoms with E-state index in [1.807, 2.05) is 6.07 Å². The van der Waals surface area contributed by atoms with E-state index in [-0.39, 0.29) is 17.7 Å². The molecule has 4 nitrogen and oxygen atoms in total. The topological polar surface area (TPSA) is 43.3 Å². The molecule has 1 aromatic heterocycles. The Balaban J connectivity index is 1.95. The van der Waals surface area contributed by atoms with E-state index >= 15 is 0 Å². The highest BCUT2D eigenvalue weighted by atomic mass is 16.5. The van der Waals surface area contributed by atoms with Gasteiger partial charge in [-0.15, -0.1) is 0 Å². The van der Waals surface area contributed by atoms with Crippen molar-refractivity contribution in [3.8, 4) is 0 Å². The third-order valence-electron chi connectivity index (χ3n) is 5.29. The molecule has 1 N–H and O–H groups in total. The van der Waals surface area contributed by atoms with E-state index in [2.05, 4.69) is 78.6 Å². The maximum Gasteiger partial charge on any atom is 0.220 e. The van der Waals surface area contributed by atoms with Crippen molar-refractivity contribution in [2.45, 2.75) is 25.2 Å². The minimum Gasteiger partial charge on any atom is -0.383 e. The van der Waals surface area contributed by atoms with Crippen molar-refractivity contribution in [3.05, 3.63) is 71.9 Å². The van der Waals surface area contributed by atoms with Crippen molar-refractivity contribution in [2.75, 3.05) is 20.3 Å². The lowest BCUT2D eigenvalue weighted by atomic mass is 9.80. The van der Waals surface area contributed by atoms with Gasteiger partial charge in [-0.05, 0) is 23.1 Å². The van der Waals surface area contributed by atoms with Gasteiger partial charge in [-0.3, -0.25) is 4.79 Å². The Morgan fingerprint density at radius 2 is 1.81 bits per heavy atom. The number of amides is 1. The smallest absolute Gasteiger partial charge is 0.220 e. The van der Waals surface area contributed by atoms with Crippen LogP contribution in [-0.2, 0) is 16.6 Å². The molecule has 0 fully saturated rings. The fourth-order valence-electron chi connectivity index (χ4n) is 3.78. The van der Waals surface area contributed by atoms with E-state index in [0.29, 0.717) is 19.6 Å². The number of aromatic nitrogens is 1. The van der Waals surface area contributed by atoms with Crippen molar-refractivity contribution in [2.24, 2.45) is 7.05 Å². The van der Waals surface area contributed by atoms with Crippen molar-refractivity contribution >= 4 is 16.8 Å². The SMILES string of the molecule is COCCNC(=O)CC(c1cn(C)c2ccccc12)C(C)c1ccccc1. The molecule has 142 valence electrons. The first-order chi connectivity index (χ1) is 13.1. The Labute approximate surface area is 161 Å². The minimum absolute atomic E-state index is 0.0627. The second-order valence-corrected chi connectivity index (χ2v) is 7.07. The Morgan fingerprint density at radius 1 is 1.11 bits per heavy atom. The Kier molecular flexibility index (Phi) is 6.30. The average Bonchev–Trinajstić information content (AvgIpc) is 3.03. The first-order valence-corrected chi connectivity index (χ1v) is 9.46. The zero-order chi connectivity index (χ0) is 19.2.